The number of fused-ring (bicyclic) bond motifs is 2. The van der Waals surface area contributed by atoms with Crippen molar-refractivity contribution in [1.29, 1.82) is 0 Å². The Balaban J connectivity index is 1.61. The Morgan fingerprint density at radius 2 is 2.11 bits per heavy atom. The minimum absolute atomic E-state index is 0.0223. The van der Waals surface area contributed by atoms with Crippen molar-refractivity contribution in [2.75, 3.05) is 20.3 Å². The molecule has 2 aliphatic carbocycles. The second kappa shape index (κ2) is 6.34. The topological polar surface area (TPSA) is 61.5 Å². The number of nitrogens with two attached hydrogens (primary N) is 1. The third-order valence-corrected chi connectivity index (χ3v) is 4.39. The average Bonchev–Trinajstić information content (AvgIpc) is 2.95. The Morgan fingerprint density at radius 3 is 2.78 bits per heavy atom. The lowest BCUT2D eigenvalue weighted by atomic mass is 9.83. The Hall–Kier alpha value is -0.870. The van der Waals surface area contributed by atoms with Gasteiger partial charge < -0.3 is 15.2 Å². The molecule has 0 aromatic heterocycles. The number of carbonyl (C=O) groups is 1. The minimum Gasteiger partial charge on any atom is -0.467 e. The first kappa shape index (κ1) is 13.6. The molecule has 2 saturated carbocycles. The van der Waals surface area contributed by atoms with E-state index in [1.165, 1.54) is 26.4 Å². The van der Waals surface area contributed by atoms with E-state index in [2.05, 4.69) is 10.8 Å². The predicted octanol–water partition coefficient (Wildman–Crippen LogP) is 1.50. The number of carbonyl (C=O) groups excluding carboxylic acids is 1. The molecule has 2 bridgehead atoms. The van der Waals surface area contributed by atoms with E-state index >= 15 is 0 Å². The second-order valence-electron chi connectivity index (χ2n) is 5.37. The molecule has 0 heterocycles. The first-order chi connectivity index (χ1) is 8.72. The number of esters is 1. The molecule has 4 atom stereocenters. The van der Waals surface area contributed by atoms with Crippen molar-refractivity contribution in [3.05, 3.63) is 12.2 Å². The zero-order chi connectivity index (χ0) is 13.0. The monoisotopic (exact) mass is 253 g/mol. The molecule has 0 aliphatic heterocycles. The summed E-state index contributed by atoms with van der Waals surface area (Å²) in [4.78, 5) is 10.8. The predicted molar refractivity (Wildman–Crippen MR) is 68.9 cm³/mol. The van der Waals surface area contributed by atoms with Gasteiger partial charge in [-0.3, -0.25) is 0 Å². The van der Waals surface area contributed by atoms with Crippen LogP contribution in [0.2, 0.25) is 0 Å². The second-order valence-corrected chi connectivity index (χ2v) is 5.37. The Kier molecular flexibility index (Phi) is 4.78. The standard InChI is InChI=1S/C14H23NO3/c1-17-13(16)9-18-7-3-2-4-12-10-5-6-11(8-10)14(12)15/h2-3,10-12,14H,4-9,15H2,1H3/b3-2-/t10-,11+,12+,14+/m1/s1. The fourth-order valence-electron chi connectivity index (χ4n) is 3.40. The molecule has 0 amide bonds. The van der Waals surface area contributed by atoms with E-state index in [9.17, 15) is 4.79 Å². The molecule has 2 aliphatic rings. The molecule has 2 rings (SSSR count). The van der Waals surface area contributed by atoms with Crippen LogP contribution in [-0.4, -0.2) is 32.3 Å². The van der Waals surface area contributed by atoms with Gasteiger partial charge in [0.1, 0.15) is 6.61 Å². The summed E-state index contributed by atoms with van der Waals surface area (Å²) in [6.07, 6.45) is 9.18. The van der Waals surface area contributed by atoms with Crippen LogP contribution in [0, 0.1) is 17.8 Å². The van der Waals surface area contributed by atoms with Gasteiger partial charge in [0.2, 0.25) is 0 Å². The summed E-state index contributed by atoms with van der Waals surface area (Å²) in [6, 6.07) is 0.393. The highest BCUT2D eigenvalue weighted by Crippen LogP contribution is 2.48. The van der Waals surface area contributed by atoms with Gasteiger partial charge in [0.25, 0.3) is 0 Å². The van der Waals surface area contributed by atoms with Gasteiger partial charge in [-0.2, -0.15) is 0 Å². The van der Waals surface area contributed by atoms with E-state index in [1.54, 1.807) is 0 Å². The number of ether oxygens (including phenoxy) is 2. The van der Waals surface area contributed by atoms with Crippen LogP contribution in [-0.2, 0) is 14.3 Å². The maximum Gasteiger partial charge on any atom is 0.331 e. The van der Waals surface area contributed by atoms with E-state index in [0.29, 0.717) is 18.6 Å². The molecule has 0 spiro atoms. The van der Waals surface area contributed by atoms with Crippen LogP contribution in [0.15, 0.2) is 12.2 Å². The summed E-state index contributed by atoms with van der Waals surface area (Å²) in [5.74, 6) is 1.92. The van der Waals surface area contributed by atoms with Gasteiger partial charge in [-0.15, -0.1) is 0 Å². The van der Waals surface area contributed by atoms with Gasteiger partial charge in [0.15, 0.2) is 0 Å². The van der Waals surface area contributed by atoms with Crippen LogP contribution < -0.4 is 5.73 Å². The summed E-state index contributed by atoms with van der Waals surface area (Å²) in [5, 5.41) is 0. The van der Waals surface area contributed by atoms with Gasteiger partial charge in [0.05, 0.1) is 13.7 Å². The fraction of sp³-hybridized carbons (Fsp3) is 0.786. The average molecular weight is 253 g/mol. The largest absolute Gasteiger partial charge is 0.467 e. The molecular formula is C14H23NO3. The molecule has 0 saturated heterocycles. The van der Waals surface area contributed by atoms with Crippen LogP contribution in [0.5, 0.6) is 0 Å². The van der Waals surface area contributed by atoms with Gasteiger partial charge in [-0.05, 0) is 43.4 Å². The van der Waals surface area contributed by atoms with Crippen LogP contribution in [0.3, 0.4) is 0 Å². The molecular weight excluding hydrogens is 230 g/mol. The lowest BCUT2D eigenvalue weighted by Crippen LogP contribution is -2.35. The normalized spacial score (nSPS) is 34.3. The molecule has 0 unspecified atom stereocenters. The first-order valence-corrected chi connectivity index (χ1v) is 6.77. The lowest BCUT2D eigenvalue weighted by Gasteiger charge is -2.26. The zero-order valence-electron chi connectivity index (χ0n) is 11.0. The molecule has 2 fully saturated rings. The van der Waals surface area contributed by atoms with Gasteiger partial charge in [-0.1, -0.05) is 12.2 Å². The Morgan fingerprint density at radius 1 is 1.33 bits per heavy atom. The molecule has 0 aromatic rings. The van der Waals surface area contributed by atoms with Gasteiger partial charge in [-0.25, -0.2) is 4.79 Å². The van der Waals surface area contributed by atoms with Gasteiger partial charge in [0, 0.05) is 6.04 Å². The van der Waals surface area contributed by atoms with Crippen LogP contribution in [0.25, 0.3) is 0 Å². The van der Waals surface area contributed by atoms with E-state index in [4.69, 9.17) is 10.5 Å². The van der Waals surface area contributed by atoms with Crippen LogP contribution in [0.4, 0.5) is 0 Å². The Bertz CT molecular complexity index is 314. The highest BCUT2D eigenvalue weighted by molar-refractivity contribution is 5.70. The molecule has 102 valence electrons. The third-order valence-electron chi connectivity index (χ3n) is 4.39. The highest BCUT2D eigenvalue weighted by atomic mass is 16.6. The summed E-state index contributed by atoms with van der Waals surface area (Å²) >= 11 is 0. The highest BCUT2D eigenvalue weighted by Gasteiger charge is 2.44. The maximum atomic E-state index is 10.8. The van der Waals surface area contributed by atoms with Crippen molar-refractivity contribution < 1.29 is 14.3 Å². The zero-order valence-corrected chi connectivity index (χ0v) is 11.0. The van der Waals surface area contributed by atoms with Crippen molar-refractivity contribution >= 4 is 5.97 Å². The minimum atomic E-state index is -0.335. The van der Waals surface area contributed by atoms with E-state index in [0.717, 1.165) is 18.3 Å². The number of allylic oxidation sites excluding steroid dienone is 1. The first-order valence-electron chi connectivity index (χ1n) is 6.77. The number of rotatable bonds is 6. The van der Waals surface area contributed by atoms with Crippen molar-refractivity contribution in [2.24, 2.45) is 23.5 Å². The van der Waals surface area contributed by atoms with E-state index in [-0.39, 0.29) is 12.6 Å². The summed E-state index contributed by atoms with van der Waals surface area (Å²) in [5.41, 5.74) is 6.24. The lowest BCUT2D eigenvalue weighted by molar-refractivity contribution is -0.145. The molecule has 2 N–H and O–H groups in total. The van der Waals surface area contributed by atoms with E-state index < -0.39 is 0 Å². The van der Waals surface area contributed by atoms with Crippen molar-refractivity contribution in [3.63, 3.8) is 0 Å². The summed E-state index contributed by atoms with van der Waals surface area (Å²) < 4.78 is 9.63. The molecule has 18 heavy (non-hydrogen) atoms. The van der Waals surface area contributed by atoms with Crippen molar-refractivity contribution in [3.8, 4) is 0 Å². The molecule has 0 radical (unpaired) electrons. The molecule has 4 nitrogen and oxygen atoms in total. The summed E-state index contributed by atoms with van der Waals surface area (Å²) in [7, 11) is 1.36. The quantitative estimate of drug-likeness (QED) is 0.442. The van der Waals surface area contributed by atoms with Crippen molar-refractivity contribution in [2.45, 2.75) is 31.7 Å². The number of hydrogen-bond donors (Lipinski definition) is 1. The van der Waals surface area contributed by atoms with Crippen LogP contribution in [0.1, 0.15) is 25.7 Å². The van der Waals surface area contributed by atoms with Crippen LogP contribution >= 0.6 is 0 Å². The number of hydrogen-bond acceptors (Lipinski definition) is 4. The Labute approximate surface area is 109 Å². The third kappa shape index (κ3) is 3.12. The van der Waals surface area contributed by atoms with E-state index in [1.807, 2.05) is 6.08 Å². The smallest absolute Gasteiger partial charge is 0.331 e. The molecule has 4 heteroatoms. The maximum absolute atomic E-state index is 10.8. The SMILES string of the molecule is COC(=O)COC/C=C\C[C@H]1[C@@H]2CC[C@@H](C2)[C@@H]1N. The summed E-state index contributed by atoms with van der Waals surface area (Å²) in [6.45, 7) is 0.486. The van der Waals surface area contributed by atoms with Gasteiger partial charge >= 0.3 is 5.97 Å². The fourth-order valence-corrected chi connectivity index (χ4v) is 3.40. The van der Waals surface area contributed by atoms with Crippen molar-refractivity contribution in [1.82, 2.24) is 0 Å². The number of methoxy groups -OCH3 is 1. The molecule has 0 aromatic carbocycles.